The van der Waals surface area contributed by atoms with Crippen molar-refractivity contribution in [3.8, 4) is 5.75 Å². The average molecular weight is 393 g/mol. The number of hydrogen-bond acceptors (Lipinski definition) is 4. The fourth-order valence-corrected chi connectivity index (χ4v) is 3.25. The summed E-state index contributed by atoms with van der Waals surface area (Å²) < 4.78 is 5.49. The van der Waals surface area contributed by atoms with Gasteiger partial charge in [0.2, 0.25) is 5.91 Å². The van der Waals surface area contributed by atoms with Crippen molar-refractivity contribution in [2.45, 2.75) is 19.3 Å². The van der Waals surface area contributed by atoms with Crippen molar-refractivity contribution in [1.29, 1.82) is 0 Å². The third-order valence-corrected chi connectivity index (χ3v) is 4.69. The Morgan fingerprint density at radius 2 is 1.79 bits per heavy atom. The maximum atomic E-state index is 12.6. The lowest BCUT2D eigenvalue weighted by molar-refractivity contribution is -0.114. The molecule has 29 heavy (non-hydrogen) atoms. The fraction of sp³-hybridized carbons (Fsp3) is 0.304. The Bertz CT molecular complexity index is 860. The van der Waals surface area contributed by atoms with Gasteiger partial charge in [-0.1, -0.05) is 24.8 Å². The number of hydrogen-bond donors (Lipinski definition) is 2. The molecule has 1 aliphatic heterocycles. The molecule has 152 valence electrons. The number of benzene rings is 2. The Balaban J connectivity index is 1.54. The predicted octanol–water partition coefficient (Wildman–Crippen LogP) is 3.93. The number of piperidine rings is 1. The molecule has 1 heterocycles. The molecule has 1 fully saturated rings. The van der Waals surface area contributed by atoms with E-state index in [4.69, 9.17) is 4.74 Å². The van der Waals surface area contributed by atoms with E-state index in [9.17, 15) is 9.59 Å². The minimum atomic E-state index is -0.190. The number of rotatable bonds is 8. The molecule has 0 spiro atoms. The summed E-state index contributed by atoms with van der Waals surface area (Å²) in [6.45, 7) is 5.76. The van der Waals surface area contributed by atoms with E-state index in [0.717, 1.165) is 31.6 Å². The molecule has 0 aliphatic carbocycles. The van der Waals surface area contributed by atoms with Gasteiger partial charge in [0.25, 0.3) is 5.91 Å². The number of ether oxygens (including phenoxy) is 1. The van der Waals surface area contributed by atoms with Crippen molar-refractivity contribution in [1.82, 2.24) is 4.90 Å². The maximum absolute atomic E-state index is 12.6. The highest BCUT2D eigenvalue weighted by molar-refractivity contribution is 5.98. The molecule has 0 unspecified atom stereocenters. The predicted molar refractivity (Wildman–Crippen MR) is 115 cm³/mol. The van der Waals surface area contributed by atoms with Crippen LogP contribution in [0.2, 0.25) is 0 Å². The van der Waals surface area contributed by atoms with Gasteiger partial charge in [-0.25, -0.2) is 0 Å². The van der Waals surface area contributed by atoms with E-state index in [-0.39, 0.29) is 18.4 Å². The second-order valence-electron chi connectivity index (χ2n) is 6.96. The quantitative estimate of drug-likeness (QED) is 0.667. The monoisotopic (exact) mass is 393 g/mol. The first-order valence-electron chi connectivity index (χ1n) is 9.92. The van der Waals surface area contributed by atoms with Crippen LogP contribution in [0, 0.1) is 0 Å². The van der Waals surface area contributed by atoms with Gasteiger partial charge in [-0.3, -0.25) is 9.59 Å². The fourth-order valence-electron chi connectivity index (χ4n) is 3.25. The van der Waals surface area contributed by atoms with Gasteiger partial charge in [0.05, 0.1) is 6.54 Å². The Hall–Kier alpha value is -3.28. The van der Waals surface area contributed by atoms with Crippen LogP contribution < -0.4 is 15.4 Å². The molecule has 6 heteroatoms. The zero-order valence-corrected chi connectivity index (χ0v) is 16.5. The Morgan fingerprint density at radius 3 is 2.59 bits per heavy atom. The molecule has 2 amide bonds. The summed E-state index contributed by atoms with van der Waals surface area (Å²) in [5.41, 5.74) is 2.00. The van der Waals surface area contributed by atoms with Gasteiger partial charge in [-0.05, 0) is 49.6 Å². The summed E-state index contributed by atoms with van der Waals surface area (Å²) in [5.74, 6) is 0.541. The molecule has 2 aromatic carbocycles. The number of amides is 2. The summed E-state index contributed by atoms with van der Waals surface area (Å²) in [4.78, 5) is 26.8. The average Bonchev–Trinajstić information content (AvgIpc) is 2.77. The number of carbonyl (C=O) groups is 2. The lowest BCUT2D eigenvalue weighted by Gasteiger charge is -2.26. The van der Waals surface area contributed by atoms with Gasteiger partial charge in [-0.2, -0.15) is 0 Å². The third-order valence-electron chi connectivity index (χ3n) is 4.69. The molecular weight excluding hydrogens is 366 g/mol. The van der Waals surface area contributed by atoms with Crippen molar-refractivity contribution in [2.24, 2.45) is 0 Å². The highest BCUT2D eigenvalue weighted by atomic mass is 16.5. The third kappa shape index (κ3) is 6.10. The molecule has 0 saturated carbocycles. The summed E-state index contributed by atoms with van der Waals surface area (Å²) in [6.07, 6.45) is 4.95. The maximum Gasteiger partial charge on any atom is 0.253 e. The molecule has 0 atom stereocenters. The van der Waals surface area contributed by atoms with E-state index in [1.165, 1.54) is 6.42 Å². The number of likely N-dealkylation sites (tertiary alicyclic amines) is 1. The van der Waals surface area contributed by atoms with E-state index in [2.05, 4.69) is 17.2 Å². The first-order chi connectivity index (χ1) is 14.2. The topological polar surface area (TPSA) is 70.7 Å². The number of anilines is 2. The van der Waals surface area contributed by atoms with Crippen LogP contribution in [0.4, 0.5) is 11.4 Å². The van der Waals surface area contributed by atoms with Gasteiger partial charge in [-0.15, -0.1) is 0 Å². The normalized spacial score (nSPS) is 13.4. The Labute approximate surface area is 171 Å². The zero-order chi connectivity index (χ0) is 20.5. The molecule has 3 rings (SSSR count). The van der Waals surface area contributed by atoms with E-state index in [1.54, 1.807) is 30.3 Å². The molecular formula is C23H27N3O3. The standard InChI is InChI=1S/C23H27N3O3/c1-2-14-29-21-11-7-9-19(16-21)24-17-22(27)25-20-10-6-8-18(15-20)23(28)26-12-4-3-5-13-26/h2,6-11,15-16,24H,1,3-5,12-14,17H2,(H,25,27). The molecule has 2 aromatic rings. The van der Waals surface area contributed by atoms with Crippen molar-refractivity contribution < 1.29 is 14.3 Å². The number of nitrogens with one attached hydrogen (secondary N) is 2. The summed E-state index contributed by atoms with van der Waals surface area (Å²) in [6, 6.07) is 14.5. The van der Waals surface area contributed by atoms with Crippen LogP contribution in [-0.2, 0) is 4.79 Å². The second-order valence-corrected chi connectivity index (χ2v) is 6.96. The smallest absolute Gasteiger partial charge is 0.253 e. The van der Waals surface area contributed by atoms with Crippen LogP contribution in [0.25, 0.3) is 0 Å². The zero-order valence-electron chi connectivity index (χ0n) is 16.5. The van der Waals surface area contributed by atoms with Crippen LogP contribution in [-0.4, -0.2) is 43.0 Å². The summed E-state index contributed by atoms with van der Waals surface area (Å²) in [5, 5.41) is 5.92. The van der Waals surface area contributed by atoms with Gasteiger partial charge < -0.3 is 20.3 Å². The van der Waals surface area contributed by atoms with E-state index in [0.29, 0.717) is 23.6 Å². The second kappa shape index (κ2) is 10.3. The lowest BCUT2D eigenvalue weighted by atomic mass is 10.1. The highest BCUT2D eigenvalue weighted by Gasteiger charge is 2.18. The molecule has 0 aromatic heterocycles. The summed E-state index contributed by atoms with van der Waals surface area (Å²) in [7, 11) is 0. The van der Waals surface area contributed by atoms with Crippen molar-refractivity contribution in [2.75, 3.05) is 36.9 Å². The summed E-state index contributed by atoms with van der Waals surface area (Å²) >= 11 is 0. The van der Waals surface area contributed by atoms with Crippen molar-refractivity contribution in [3.05, 3.63) is 66.7 Å². The van der Waals surface area contributed by atoms with Crippen LogP contribution in [0.15, 0.2) is 61.2 Å². The van der Waals surface area contributed by atoms with Gasteiger partial charge in [0, 0.05) is 36.1 Å². The first kappa shape index (κ1) is 20.5. The minimum Gasteiger partial charge on any atom is -0.489 e. The first-order valence-corrected chi connectivity index (χ1v) is 9.92. The van der Waals surface area contributed by atoms with Gasteiger partial charge in [0.1, 0.15) is 12.4 Å². The molecule has 6 nitrogen and oxygen atoms in total. The molecule has 0 bridgehead atoms. The minimum absolute atomic E-state index is 0.0234. The molecule has 1 saturated heterocycles. The van der Waals surface area contributed by atoms with Gasteiger partial charge >= 0.3 is 0 Å². The van der Waals surface area contributed by atoms with Crippen LogP contribution in [0.1, 0.15) is 29.6 Å². The molecule has 0 radical (unpaired) electrons. The SMILES string of the molecule is C=CCOc1cccc(NCC(=O)Nc2cccc(C(=O)N3CCCCC3)c2)c1. The van der Waals surface area contributed by atoms with Gasteiger partial charge in [0.15, 0.2) is 0 Å². The molecule has 2 N–H and O–H groups in total. The van der Waals surface area contributed by atoms with Crippen LogP contribution >= 0.6 is 0 Å². The molecule has 1 aliphatic rings. The van der Waals surface area contributed by atoms with Crippen molar-refractivity contribution in [3.63, 3.8) is 0 Å². The van der Waals surface area contributed by atoms with Crippen LogP contribution in [0.5, 0.6) is 5.75 Å². The van der Waals surface area contributed by atoms with E-state index >= 15 is 0 Å². The number of nitrogens with zero attached hydrogens (tertiary/aromatic N) is 1. The van der Waals surface area contributed by atoms with Crippen LogP contribution in [0.3, 0.4) is 0 Å². The van der Waals surface area contributed by atoms with E-state index < -0.39 is 0 Å². The van der Waals surface area contributed by atoms with E-state index in [1.807, 2.05) is 29.2 Å². The lowest BCUT2D eigenvalue weighted by Crippen LogP contribution is -2.35. The Kier molecular flexibility index (Phi) is 7.28. The Morgan fingerprint density at radius 1 is 1.03 bits per heavy atom. The highest BCUT2D eigenvalue weighted by Crippen LogP contribution is 2.18. The van der Waals surface area contributed by atoms with Crippen molar-refractivity contribution >= 4 is 23.2 Å². The largest absolute Gasteiger partial charge is 0.489 e. The number of carbonyl (C=O) groups excluding carboxylic acids is 2.